The van der Waals surface area contributed by atoms with Gasteiger partial charge >= 0.3 is 12.1 Å². The van der Waals surface area contributed by atoms with Crippen LogP contribution in [0, 0.1) is 5.92 Å². The molecule has 4 atom stereocenters. The summed E-state index contributed by atoms with van der Waals surface area (Å²) in [5, 5.41) is 18.9. The number of hydrogen-bond donors (Lipinski definition) is 2. The lowest BCUT2D eigenvalue weighted by molar-refractivity contribution is -0.104. The minimum atomic E-state index is -0.496. The highest BCUT2D eigenvalue weighted by Gasteiger charge is 2.53. The van der Waals surface area contributed by atoms with Crippen LogP contribution in [-0.2, 0) is 0 Å². The number of aliphatic hydroxyl groups is 2. The molecule has 2 aliphatic heterocycles. The Morgan fingerprint density at radius 2 is 1.40 bits per heavy atom. The number of fused-ring (bicyclic) bond motifs is 1. The molecule has 0 aromatic rings. The number of amides is 4. The van der Waals surface area contributed by atoms with E-state index in [-0.39, 0.29) is 36.8 Å². The summed E-state index contributed by atoms with van der Waals surface area (Å²) in [4.78, 5) is 30.1. The van der Waals surface area contributed by atoms with Crippen molar-refractivity contribution < 1.29 is 19.8 Å². The summed E-state index contributed by atoms with van der Waals surface area (Å²) < 4.78 is 0. The standard InChI is InChI=1S/C12H22N4O4/c1-7-9-8(2)15(5-17)12(20)14(4)10(9)16(6-18)11(19)13(7)3/h7-10,17-18H,5-6H2,1-4H3/t7-,8-,9-,10-/m1/s1. The predicted molar refractivity (Wildman–Crippen MR) is 70.4 cm³/mol. The van der Waals surface area contributed by atoms with Crippen molar-refractivity contribution in [2.24, 2.45) is 5.92 Å². The molecule has 0 saturated carbocycles. The molecular formula is C12H22N4O4. The van der Waals surface area contributed by atoms with Gasteiger partial charge in [-0.3, -0.25) is 9.80 Å². The average molecular weight is 286 g/mol. The summed E-state index contributed by atoms with van der Waals surface area (Å²) >= 11 is 0. The Hall–Kier alpha value is -1.54. The number of aliphatic hydroxyl groups excluding tert-OH is 2. The normalized spacial score (nSPS) is 34.7. The van der Waals surface area contributed by atoms with E-state index in [1.165, 1.54) is 14.7 Å². The molecule has 8 heteroatoms. The molecule has 0 aromatic carbocycles. The van der Waals surface area contributed by atoms with E-state index in [4.69, 9.17) is 0 Å². The van der Waals surface area contributed by atoms with Gasteiger partial charge in [-0.15, -0.1) is 0 Å². The molecule has 0 radical (unpaired) electrons. The molecule has 2 fully saturated rings. The highest BCUT2D eigenvalue weighted by atomic mass is 16.3. The van der Waals surface area contributed by atoms with Gasteiger partial charge in [0, 0.05) is 32.1 Å². The van der Waals surface area contributed by atoms with Crippen LogP contribution in [0.3, 0.4) is 0 Å². The van der Waals surface area contributed by atoms with Gasteiger partial charge in [-0.05, 0) is 13.8 Å². The highest BCUT2D eigenvalue weighted by molar-refractivity contribution is 5.80. The molecular weight excluding hydrogens is 264 g/mol. The fourth-order valence-electron chi connectivity index (χ4n) is 3.36. The molecule has 2 heterocycles. The molecule has 2 rings (SSSR count). The quantitative estimate of drug-likeness (QED) is 0.705. The Bertz CT molecular complexity index is 418. The van der Waals surface area contributed by atoms with E-state index < -0.39 is 12.9 Å². The lowest BCUT2D eigenvalue weighted by Gasteiger charge is -2.57. The lowest BCUT2D eigenvalue weighted by atomic mass is 9.84. The minimum absolute atomic E-state index is 0.0836. The molecule has 4 amide bonds. The van der Waals surface area contributed by atoms with Gasteiger partial charge in [-0.2, -0.15) is 0 Å². The fourth-order valence-corrected chi connectivity index (χ4v) is 3.36. The van der Waals surface area contributed by atoms with Gasteiger partial charge in [0.25, 0.3) is 0 Å². The largest absolute Gasteiger partial charge is 0.376 e. The number of carbonyl (C=O) groups excluding carboxylic acids is 2. The third-order valence-electron chi connectivity index (χ3n) is 4.68. The Balaban J connectivity index is 2.45. The molecule has 2 saturated heterocycles. The van der Waals surface area contributed by atoms with E-state index >= 15 is 0 Å². The highest BCUT2D eigenvalue weighted by Crippen LogP contribution is 2.36. The number of nitrogens with zero attached hydrogens (tertiary/aromatic N) is 4. The van der Waals surface area contributed by atoms with Crippen LogP contribution in [0.5, 0.6) is 0 Å². The summed E-state index contributed by atoms with van der Waals surface area (Å²) in [5.41, 5.74) is 0. The van der Waals surface area contributed by atoms with Crippen LogP contribution in [0.4, 0.5) is 9.59 Å². The summed E-state index contributed by atoms with van der Waals surface area (Å²) in [6.45, 7) is 2.96. The Morgan fingerprint density at radius 3 is 1.90 bits per heavy atom. The third kappa shape index (κ3) is 1.82. The third-order valence-corrected chi connectivity index (χ3v) is 4.68. The maximum atomic E-state index is 12.2. The second kappa shape index (κ2) is 5.10. The number of carbonyl (C=O) groups is 2. The van der Waals surface area contributed by atoms with E-state index in [1.54, 1.807) is 19.0 Å². The topological polar surface area (TPSA) is 87.6 Å². The number of urea groups is 2. The molecule has 0 unspecified atom stereocenters. The van der Waals surface area contributed by atoms with E-state index in [0.29, 0.717) is 0 Å². The van der Waals surface area contributed by atoms with Crippen LogP contribution in [0.15, 0.2) is 0 Å². The monoisotopic (exact) mass is 286 g/mol. The van der Waals surface area contributed by atoms with Crippen LogP contribution in [0.1, 0.15) is 13.8 Å². The Kier molecular flexibility index (Phi) is 3.79. The zero-order valence-corrected chi connectivity index (χ0v) is 12.2. The van der Waals surface area contributed by atoms with Crippen molar-refractivity contribution in [1.82, 2.24) is 19.6 Å². The zero-order valence-electron chi connectivity index (χ0n) is 12.2. The fraction of sp³-hybridized carbons (Fsp3) is 0.833. The minimum Gasteiger partial charge on any atom is -0.376 e. The smallest absolute Gasteiger partial charge is 0.323 e. The Labute approximate surface area is 118 Å². The van der Waals surface area contributed by atoms with Crippen LogP contribution >= 0.6 is 0 Å². The van der Waals surface area contributed by atoms with Crippen molar-refractivity contribution in [2.75, 3.05) is 27.6 Å². The van der Waals surface area contributed by atoms with Gasteiger partial charge in [0.2, 0.25) is 0 Å². The maximum absolute atomic E-state index is 12.2. The molecule has 0 aliphatic carbocycles. The van der Waals surface area contributed by atoms with Gasteiger partial charge in [0.1, 0.15) is 19.6 Å². The first kappa shape index (κ1) is 14.9. The van der Waals surface area contributed by atoms with Crippen LogP contribution < -0.4 is 0 Å². The summed E-state index contributed by atoms with van der Waals surface area (Å²) in [5.74, 6) is -0.0836. The second-order valence-corrected chi connectivity index (χ2v) is 5.48. The maximum Gasteiger partial charge on any atom is 0.323 e. The van der Waals surface area contributed by atoms with Crippen LogP contribution in [-0.4, -0.2) is 87.7 Å². The van der Waals surface area contributed by atoms with Crippen molar-refractivity contribution in [3.8, 4) is 0 Å². The zero-order chi connectivity index (χ0) is 15.2. The number of hydrogen-bond acceptors (Lipinski definition) is 4. The molecule has 0 aromatic heterocycles. The molecule has 20 heavy (non-hydrogen) atoms. The summed E-state index contributed by atoms with van der Waals surface area (Å²) in [6.07, 6.45) is -0.496. The first-order valence-corrected chi connectivity index (χ1v) is 6.65. The van der Waals surface area contributed by atoms with E-state index in [0.717, 1.165) is 0 Å². The first-order chi connectivity index (χ1) is 9.36. The molecule has 2 aliphatic rings. The van der Waals surface area contributed by atoms with Crippen LogP contribution in [0.2, 0.25) is 0 Å². The van der Waals surface area contributed by atoms with Crippen molar-refractivity contribution in [2.45, 2.75) is 32.1 Å². The lowest BCUT2D eigenvalue weighted by Crippen LogP contribution is -2.75. The average Bonchev–Trinajstić information content (AvgIpc) is 2.42. The summed E-state index contributed by atoms with van der Waals surface area (Å²) in [7, 11) is 3.26. The van der Waals surface area contributed by atoms with Gasteiger partial charge < -0.3 is 20.0 Å². The van der Waals surface area contributed by atoms with E-state index in [1.807, 2.05) is 13.8 Å². The van der Waals surface area contributed by atoms with Gasteiger partial charge in [0.05, 0.1) is 0 Å². The van der Waals surface area contributed by atoms with Gasteiger partial charge in [-0.25, -0.2) is 9.59 Å². The number of rotatable bonds is 2. The predicted octanol–water partition coefficient (Wildman–Crippen LogP) is -0.660. The molecule has 8 nitrogen and oxygen atoms in total. The van der Waals surface area contributed by atoms with Crippen molar-refractivity contribution in [3.05, 3.63) is 0 Å². The Morgan fingerprint density at radius 1 is 0.900 bits per heavy atom. The van der Waals surface area contributed by atoms with Crippen molar-refractivity contribution >= 4 is 12.1 Å². The molecule has 2 N–H and O–H groups in total. The molecule has 0 bridgehead atoms. The van der Waals surface area contributed by atoms with Crippen molar-refractivity contribution in [1.29, 1.82) is 0 Å². The SMILES string of the molecule is C[C@@H]1[C@@H]2[C@@H](C)N(CO)C(=O)N(C)[C@@H]2N(CO)C(=O)N1C. The van der Waals surface area contributed by atoms with Crippen molar-refractivity contribution in [3.63, 3.8) is 0 Å². The molecule has 0 spiro atoms. The molecule has 114 valence electrons. The van der Waals surface area contributed by atoms with E-state index in [2.05, 4.69) is 0 Å². The van der Waals surface area contributed by atoms with Gasteiger partial charge in [0.15, 0.2) is 0 Å². The summed E-state index contributed by atoms with van der Waals surface area (Å²) in [6, 6.07) is -0.974. The van der Waals surface area contributed by atoms with E-state index in [9.17, 15) is 19.8 Å². The second-order valence-electron chi connectivity index (χ2n) is 5.48. The van der Waals surface area contributed by atoms with Crippen LogP contribution in [0.25, 0.3) is 0 Å². The van der Waals surface area contributed by atoms with Gasteiger partial charge in [-0.1, -0.05) is 0 Å². The first-order valence-electron chi connectivity index (χ1n) is 6.65.